The zero-order valence-electron chi connectivity index (χ0n) is 15.2. The van der Waals surface area contributed by atoms with Gasteiger partial charge in [-0.3, -0.25) is 4.79 Å². The fourth-order valence-electron chi connectivity index (χ4n) is 3.53. The molecule has 7 heteroatoms. The van der Waals surface area contributed by atoms with Crippen LogP contribution in [0.1, 0.15) is 55.3 Å². The number of hydrogen-bond donors (Lipinski definition) is 1. The molecule has 0 bridgehead atoms. The van der Waals surface area contributed by atoms with Crippen LogP contribution < -0.4 is 4.72 Å². The number of likely N-dealkylation sites (tertiary alicyclic amines) is 1. The van der Waals surface area contributed by atoms with Crippen LogP contribution in [0.25, 0.3) is 0 Å². The van der Waals surface area contributed by atoms with Crippen LogP contribution in [0.15, 0.2) is 29.2 Å². The number of carbonyl (C=O) groups is 1. The van der Waals surface area contributed by atoms with Crippen molar-refractivity contribution in [1.82, 2.24) is 9.62 Å². The second-order valence-corrected chi connectivity index (χ2v) is 8.81. The summed E-state index contributed by atoms with van der Waals surface area (Å²) in [5.74, 6) is -0.0741. The van der Waals surface area contributed by atoms with E-state index < -0.39 is 10.0 Å². The van der Waals surface area contributed by atoms with Crippen LogP contribution in [0.4, 0.5) is 0 Å². The Morgan fingerprint density at radius 1 is 1.04 bits per heavy atom. The molecular weight excluding hydrogens is 352 g/mol. The third-order valence-electron chi connectivity index (χ3n) is 5.08. The summed E-state index contributed by atoms with van der Waals surface area (Å²) in [6.07, 6.45) is 6.88. The highest BCUT2D eigenvalue weighted by molar-refractivity contribution is 7.89. The summed E-state index contributed by atoms with van der Waals surface area (Å²) in [6.45, 7) is 2.63. The number of amides is 1. The molecule has 0 saturated carbocycles. The second kappa shape index (κ2) is 8.97. The van der Waals surface area contributed by atoms with Crippen molar-refractivity contribution in [3.8, 4) is 0 Å². The van der Waals surface area contributed by atoms with Crippen LogP contribution in [0.2, 0.25) is 0 Å². The average molecular weight is 381 g/mol. The van der Waals surface area contributed by atoms with E-state index in [1.165, 1.54) is 12.5 Å². The minimum absolute atomic E-state index is 0.0741. The summed E-state index contributed by atoms with van der Waals surface area (Å²) in [6, 6.07) is 6.29. The molecule has 2 aliphatic rings. The lowest BCUT2D eigenvalue weighted by Crippen LogP contribution is -2.39. The third kappa shape index (κ3) is 5.05. The van der Waals surface area contributed by atoms with E-state index in [2.05, 4.69) is 4.72 Å². The Morgan fingerprint density at radius 3 is 2.38 bits per heavy atom. The van der Waals surface area contributed by atoms with Crippen LogP contribution in [0.5, 0.6) is 0 Å². The molecule has 1 amide bonds. The van der Waals surface area contributed by atoms with Gasteiger partial charge in [-0.25, -0.2) is 13.1 Å². The second-order valence-electron chi connectivity index (χ2n) is 7.10. The fraction of sp³-hybridized carbons (Fsp3) is 0.632. The van der Waals surface area contributed by atoms with Crippen LogP contribution in [0, 0.1) is 0 Å². The molecule has 1 aromatic rings. The molecule has 2 saturated heterocycles. The highest BCUT2D eigenvalue weighted by Crippen LogP contribution is 2.18. The number of rotatable bonds is 4. The van der Waals surface area contributed by atoms with Gasteiger partial charge in [0.15, 0.2) is 0 Å². The number of benzene rings is 1. The maximum atomic E-state index is 12.8. The van der Waals surface area contributed by atoms with E-state index in [-0.39, 0.29) is 16.8 Å². The van der Waals surface area contributed by atoms with Gasteiger partial charge in [-0.1, -0.05) is 25.3 Å². The van der Waals surface area contributed by atoms with Crippen molar-refractivity contribution in [2.45, 2.75) is 55.9 Å². The highest BCUT2D eigenvalue weighted by atomic mass is 32.2. The van der Waals surface area contributed by atoms with Crippen LogP contribution in [0.3, 0.4) is 0 Å². The lowest BCUT2D eigenvalue weighted by molar-refractivity contribution is 0.0742. The van der Waals surface area contributed by atoms with Crippen molar-refractivity contribution in [3.05, 3.63) is 29.8 Å². The van der Waals surface area contributed by atoms with Crippen LogP contribution in [-0.2, 0) is 14.8 Å². The maximum absolute atomic E-state index is 12.8. The SMILES string of the molecule is O=C(c1cccc(S(=O)(=O)NC2CCOCC2)c1)N1CCCCCCC1. The Kier molecular flexibility index (Phi) is 6.67. The molecule has 0 spiro atoms. The predicted molar refractivity (Wildman–Crippen MR) is 99.6 cm³/mol. The van der Waals surface area contributed by atoms with Crippen LogP contribution >= 0.6 is 0 Å². The molecule has 0 radical (unpaired) electrons. The molecule has 3 rings (SSSR count). The topological polar surface area (TPSA) is 75.7 Å². The largest absolute Gasteiger partial charge is 0.381 e. The van der Waals surface area contributed by atoms with Gasteiger partial charge < -0.3 is 9.64 Å². The first kappa shape index (κ1) is 19.3. The van der Waals surface area contributed by atoms with E-state index in [1.54, 1.807) is 18.2 Å². The van der Waals surface area contributed by atoms with Crippen LogP contribution in [-0.4, -0.2) is 51.6 Å². The third-order valence-corrected chi connectivity index (χ3v) is 6.60. The summed E-state index contributed by atoms with van der Waals surface area (Å²) in [5, 5.41) is 0. The van der Waals surface area contributed by atoms with Gasteiger partial charge in [-0.15, -0.1) is 0 Å². The van der Waals surface area contributed by atoms with Gasteiger partial charge in [0.25, 0.3) is 5.91 Å². The number of nitrogens with one attached hydrogen (secondary N) is 1. The predicted octanol–water partition coefficient (Wildman–Crippen LogP) is 2.55. The lowest BCUT2D eigenvalue weighted by Gasteiger charge is -2.25. The fourth-order valence-corrected chi connectivity index (χ4v) is 4.88. The van der Waals surface area contributed by atoms with Crippen molar-refractivity contribution in [2.24, 2.45) is 0 Å². The molecule has 2 heterocycles. The van der Waals surface area contributed by atoms with E-state index in [0.29, 0.717) is 31.6 Å². The van der Waals surface area contributed by atoms with Crippen molar-refractivity contribution in [1.29, 1.82) is 0 Å². The Hall–Kier alpha value is -1.44. The summed E-state index contributed by atoms with van der Waals surface area (Å²) >= 11 is 0. The first-order valence-corrected chi connectivity index (χ1v) is 11.0. The van der Waals surface area contributed by atoms with Gasteiger partial charge >= 0.3 is 0 Å². The van der Waals surface area contributed by atoms with Crippen molar-refractivity contribution >= 4 is 15.9 Å². The average Bonchev–Trinajstić information content (AvgIpc) is 2.62. The molecule has 0 atom stereocenters. The number of ether oxygens (including phenoxy) is 1. The van der Waals surface area contributed by atoms with Gasteiger partial charge in [-0.2, -0.15) is 0 Å². The molecule has 2 fully saturated rings. The summed E-state index contributed by atoms with van der Waals surface area (Å²) in [7, 11) is -3.64. The van der Waals surface area contributed by atoms with E-state index in [0.717, 1.165) is 38.8 Å². The lowest BCUT2D eigenvalue weighted by atomic mass is 10.1. The molecule has 0 aliphatic carbocycles. The van der Waals surface area contributed by atoms with Crippen molar-refractivity contribution < 1.29 is 17.9 Å². The van der Waals surface area contributed by atoms with Crippen molar-refractivity contribution in [2.75, 3.05) is 26.3 Å². The molecule has 2 aliphatic heterocycles. The standard InChI is InChI=1S/C19H28N2O4S/c22-19(21-11-4-2-1-3-5-12-21)16-7-6-8-18(15-16)26(23,24)20-17-9-13-25-14-10-17/h6-8,15,17,20H,1-5,9-14H2. The minimum Gasteiger partial charge on any atom is -0.381 e. The number of nitrogens with zero attached hydrogens (tertiary/aromatic N) is 1. The summed E-state index contributed by atoms with van der Waals surface area (Å²) in [4.78, 5) is 14.8. The monoisotopic (exact) mass is 380 g/mol. The highest BCUT2D eigenvalue weighted by Gasteiger charge is 2.24. The number of carbonyl (C=O) groups excluding carboxylic acids is 1. The van der Waals surface area contributed by atoms with E-state index >= 15 is 0 Å². The molecular formula is C19H28N2O4S. The van der Waals surface area contributed by atoms with E-state index in [1.807, 2.05) is 4.90 Å². The van der Waals surface area contributed by atoms with Gasteiger partial charge in [0.05, 0.1) is 4.90 Å². The normalized spacial score (nSPS) is 20.4. The first-order chi connectivity index (χ1) is 12.6. The molecule has 26 heavy (non-hydrogen) atoms. The maximum Gasteiger partial charge on any atom is 0.253 e. The summed E-state index contributed by atoms with van der Waals surface area (Å²) in [5.41, 5.74) is 0.445. The Labute approximate surface area is 156 Å². The van der Waals surface area contributed by atoms with Gasteiger partial charge in [-0.05, 0) is 43.9 Å². The van der Waals surface area contributed by atoms with Gasteiger partial charge in [0, 0.05) is 37.9 Å². The van der Waals surface area contributed by atoms with Gasteiger partial charge in [0.1, 0.15) is 0 Å². The zero-order valence-corrected chi connectivity index (χ0v) is 16.0. The Bertz CT molecular complexity index is 706. The molecule has 144 valence electrons. The number of sulfonamides is 1. The Morgan fingerprint density at radius 2 is 1.69 bits per heavy atom. The summed E-state index contributed by atoms with van der Waals surface area (Å²) < 4.78 is 33.4. The molecule has 0 unspecified atom stereocenters. The van der Waals surface area contributed by atoms with E-state index in [9.17, 15) is 13.2 Å². The van der Waals surface area contributed by atoms with Crippen molar-refractivity contribution in [3.63, 3.8) is 0 Å². The van der Waals surface area contributed by atoms with E-state index in [4.69, 9.17) is 4.74 Å². The molecule has 1 aromatic carbocycles. The minimum atomic E-state index is -3.64. The molecule has 1 N–H and O–H groups in total. The number of hydrogen-bond acceptors (Lipinski definition) is 4. The first-order valence-electron chi connectivity index (χ1n) is 9.56. The molecule has 6 nitrogen and oxygen atoms in total. The molecule has 0 aromatic heterocycles. The Balaban J connectivity index is 1.72. The van der Waals surface area contributed by atoms with Gasteiger partial charge in [0.2, 0.25) is 10.0 Å². The quantitative estimate of drug-likeness (QED) is 0.871. The smallest absolute Gasteiger partial charge is 0.253 e. The zero-order chi connectivity index (χ0) is 18.4.